The Morgan fingerprint density at radius 2 is 1.29 bits per heavy atom. The Kier molecular flexibility index (Phi) is 7.50. The highest BCUT2D eigenvalue weighted by molar-refractivity contribution is 4.88. The zero-order valence-electron chi connectivity index (χ0n) is 19.7. The molecular weight excluding hydrogens is 346 g/mol. The van der Waals surface area contributed by atoms with Gasteiger partial charge in [0.15, 0.2) is 0 Å². The fourth-order valence-electron chi connectivity index (χ4n) is 5.48. The van der Waals surface area contributed by atoms with Crippen LogP contribution >= 0.6 is 0 Å². The molecule has 3 rings (SSSR count). The average Bonchev–Trinajstić information content (AvgIpc) is 2.62. The largest absolute Gasteiger partial charge is 0.373 e. The molecule has 4 nitrogen and oxygen atoms in total. The first-order valence-corrected chi connectivity index (χ1v) is 12.0. The second-order valence-electron chi connectivity index (χ2n) is 11.6. The van der Waals surface area contributed by atoms with E-state index in [2.05, 4.69) is 56.2 Å². The van der Waals surface area contributed by atoms with Gasteiger partial charge in [0.1, 0.15) is 0 Å². The zero-order valence-corrected chi connectivity index (χ0v) is 19.7. The number of piperidine rings is 3. The third-order valence-corrected chi connectivity index (χ3v) is 7.15. The lowest BCUT2D eigenvalue weighted by molar-refractivity contribution is -0.0835. The summed E-state index contributed by atoms with van der Waals surface area (Å²) in [5, 5.41) is 0. The summed E-state index contributed by atoms with van der Waals surface area (Å²) in [5.41, 5.74) is 0.339. The first kappa shape index (κ1) is 22.5. The van der Waals surface area contributed by atoms with Crippen LogP contribution in [0, 0.1) is 5.92 Å². The summed E-state index contributed by atoms with van der Waals surface area (Å²) in [6.07, 6.45) is 8.42. The Hall–Kier alpha value is -0.160. The molecule has 3 fully saturated rings. The Morgan fingerprint density at radius 1 is 0.714 bits per heavy atom. The minimum Gasteiger partial charge on any atom is -0.373 e. The number of ether oxygens (including phenoxy) is 1. The lowest BCUT2D eigenvalue weighted by Crippen LogP contribution is -2.52. The molecule has 0 bridgehead atoms. The predicted octanol–water partition coefficient (Wildman–Crippen LogP) is 4.24. The van der Waals surface area contributed by atoms with Gasteiger partial charge in [-0.25, -0.2) is 0 Å². The van der Waals surface area contributed by atoms with E-state index in [0.29, 0.717) is 11.6 Å². The molecule has 28 heavy (non-hydrogen) atoms. The van der Waals surface area contributed by atoms with E-state index < -0.39 is 0 Å². The number of hydrogen-bond acceptors (Lipinski definition) is 4. The summed E-state index contributed by atoms with van der Waals surface area (Å²) in [7, 11) is 0. The monoisotopic (exact) mass is 393 g/mol. The van der Waals surface area contributed by atoms with Gasteiger partial charge in [-0.15, -0.1) is 0 Å². The molecule has 0 amide bonds. The van der Waals surface area contributed by atoms with Gasteiger partial charge < -0.3 is 14.5 Å². The molecule has 0 N–H and O–H groups in total. The first-order chi connectivity index (χ1) is 13.1. The maximum Gasteiger partial charge on any atom is 0.0606 e. The van der Waals surface area contributed by atoms with Crippen LogP contribution in [0.3, 0.4) is 0 Å². The summed E-state index contributed by atoms with van der Waals surface area (Å²) >= 11 is 0. The minimum atomic E-state index is 0.00267. The van der Waals surface area contributed by atoms with Crippen LogP contribution in [0.15, 0.2) is 0 Å². The summed E-state index contributed by atoms with van der Waals surface area (Å²) < 4.78 is 6.19. The van der Waals surface area contributed by atoms with Gasteiger partial charge in [0.2, 0.25) is 0 Å². The van der Waals surface area contributed by atoms with Crippen LogP contribution in [0.2, 0.25) is 0 Å². The van der Waals surface area contributed by atoms with Gasteiger partial charge in [0.05, 0.1) is 11.7 Å². The molecule has 0 aromatic rings. The molecule has 4 heteroatoms. The lowest BCUT2D eigenvalue weighted by Gasteiger charge is -2.46. The smallest absolute Gasteiger partial charge is 0.0606 e. The predicted molar refractivity (Wildman–Crippen MR) is 119 cm³/mol. The molecule has 3 heterocycles. The normalized spacial score (nSPS) is 26.8. The molecule has 3 saturated heterocycles. The van der Waals surface area contributed by atoms with Crippen LogP contribution < -0.4 is 0 Å². The van der Waals surface area contributed by atoms with Gasteiger partial charge in [-0.2, -0.15) is 0 Å². The van der Waals surface area contributed by atoms with Crippen LogP contribution in [0.5, 0.6) is 0 Å². The fraction of sp³-hybridized carbons (Fsp3) is 1.00. The summed E-state index contributed by atoms with van der Waals surface area (Å²) in [4.78, 5) is 8.20. The van der Waals surface area contributed by atoms with Crippen molar-refractivity contribution in [3.8, 4) is 0 Å². The van der Waals surface area contributed by atoms with Gasteiger partial charge in [0.25, 0.3) is 0 Å². The molecule has 0 aromatic heterocycles. The molecule has 0 unspecified atom stereocenters. The van der Waals surface area contributed by atoms with Crippen molar-refractivity contribution in [1.82, 2.24) is 14.7 Å². The molecule has 0 spiro atoms. The summed E-state index contributed by atoms with van der Waals surface area (Å²) in [5.74, 6) is 0.908. The SMILES string of the molecule is CC(C)(C)OC1CCN(CC2CCN(C3CCN(C(C)(C)C)CC3)CC2)CC1. The Balaban J connectivity index is 1.33. The van der Waals surface area contributed by atoms with E-state index in [1.54, 1.807) is 0 Å². The maximum absolute atomic E-state index is 6.19. The molecule has 0 radical (unpaired) electrons. The highest BCUT2D eigenvalue weighted by Gasteiger charge is 2.32. The molecule has 0 atom stereocenters. The second kappa shape index (κ2) is 9.32. The molecule has 3 aliphatic rings. The topological polar surface area (TPSA) is 19.0 Å². The number of likely N-dealkylation sites (tertiary alicyclic amines) is 3. The molecule has 0 saturated carbocycles. The van der Waals surface area contributed by atoms with Gasteiger partial charge in [-0.3, -0.25) is 4.90 Å². The maximum atomic E-state index is 6.19. The van der Waals surface area contributed by atoms with Crippen molar-refractivity contribution in [3.05, 3.63) is 0 Å². The third-order valence-electron chi connectivity index (χ3n) is 7.15. The van der Waals surface area contributed by atoms with Crippen molar-refractivity contribution in [3.63, 3.8) is 0 Å². The average molecular weight is 394 g/mol. The number of rotatable bonds is 4. The van der Waals surface area contributed by atoms with E-state index in [9.17, 15) is 0 Å². The molecular formula is C24H47N3O. The van der Waals surface area contributed by atoms with Crippen molar-refractivity contribution in [2.24, 2.45) is 5.92 Å². The summed E-state index contributed by atoms with van der Waals surface area (Å²) in [6.45, 7) is 22.6. The van der Waals surface area contributed by atoms with Gasteiger partial charge >= 0.3 is 0 Å². The second-order valence-corrected chi connectivity index (χ2v) is 11.6. The Labute approximate surface area is 175 Å². The standard InChI is InChI=1S/C24H47N3O/c1-23(2,3)27-17-9-21(10-18-27)26-15-7-20(8-16-26)19-25-13-11-22(12-14-25)28-24(4,5)6/h20-22H,7-19H2,1-6H3. The third kappa shape index (κ3) is 6.68. The van der Waals surface area contributed by atoms with E-state index >= 15 is 0 Å². The van der Waals surface area contributed by atoms with E-state index in [1.165, 1.54) is 84.3 Å². The van der Waals surface area contributed by atoms with Crippen LogP contribution in [0.1, 0.15) is 80.1 Å². The molecule has 0 aromatic carbocycles. The fourth-order valence-corrected chi connectivity index (χ4v) is 5.48. The molecule has 0 aliphatic carbocycles. The van der Waals surface area contributed by atoms with E-state index in [1.807, 2.05) is 0 Å². The minimum absolute atomic E-state index is 0.00267. The highest BCUT2D eigenvalue weighted by atomic mass is 16.5. The Morgan fingerprint density at radius 3 is 1.79 bits per heavy atom. The lowest BCUT2D eigenvalue weighted by atomic mass is 9.91. The van der Waals surface area contributed by atoms with Gasteiger partial charge in [-0.1, -0.05) is 0 Å². The van der Waals surface area contributed by atoms with E-state index in [0.717, 1.165) is 12.0 Å². The first-order valence-electron chi connectivity index (χ1n) is 12.0. The van der Waals surface area contributed by atoms with E-state index in [-0.39, 0.29) is 5.60 Å². The van der Waals surface area contributed by atoms with Crippen LogP contribution in [-0.2, 0) is 4.74 Å². The van der Waals surface area contributed by atoms with Crippen molar-refractivity contribution < 1.29 is 4.74 Å². The number of hydrogen-bond donors (Lipinski definition) is 0. The highest BCUT2D eigenvalue weighted by Crippen LogP contribution is 2.28. The summed E-state index contributed by atoms with van der Waals surface area (Å²) in [6, 6.07) is 0.838. The van der Waals surface area contributed by atoms with Crippen molar-refractivity contribution >= 4 is 0 Å². The van der Waals surface area contributed by atoms with Crippen LogP contribution in [0.4, 0.5) is 0 Å². The van der Waals surface area contributed by atoms with Gasteiger partial charge in [0, 0.05) is 44.3 Å². The van der Waals surface area contributed by atoms with Crippen molar-refractivity contribution in [2.45, 2.75) is 103 Å². The van der Waals surface area contributed by atoms with Gasteiger partial charge in [-0.05, 0) is 99.1 Å². The van der Waals surface area contributed by atoms with Crippen LogP contribution in [0.25, 0.3) is 0 Å². The van der Waals surface area contributed by atoms with E-state index in [4.69, 9.17) is 4.74 Å². The van der Waals surface area contributed by atoms with Crippen molar-refractivity contribution in [2.75, 3.05) is 45.8 Å². The van der Waals surface area contributed by atoms with Crippen molar-refractivity contribution in [1.29, 1.82) is 0 Å². The molecule has 164 valence electrons. The zero-order chi connectivity index (χ0) is 20.4. The Bertz CT molecular complexity index is 457. The van der Waals surface area contributed by atoms with Crippen LogP contribution in [-0.4, -0.2) is 83.8 Å². The number of nitrogens with zero attached hydrogens (tertiary/aromatic N) is 3. The molecule has 3 aliphatic heterocycles. The quantitative estimate of drug-likeness (QED) is 0.711.